The standard InChI is InChI=1S/C20H25FN4O/c1-4-13(2)25-19(14-5-6-14)16(12-22-25)20(26)24-10-9-23(3)17-8-7-15(21)11-18(17)24/h7-8,11-14H,4-6,9-10H2,1-3H3/t13-/m0/s1. The second-order valence-corrected chi connectivity index (χ2v) is 7.43. The molecule has 0 spiro atoms. The molecule has 1 fully saturated rings. The molecule has 1 saturated carbocycles. The molecule has 6 heteroatoms. The van der Waals surface area contributed by atoms with Gasteiger partial charge in [-0.25, -0.2) is 4.39 Å². The summed E-state index contributed by atoms with van der Waals surface area (Å²) in [6.07, 6.45) is 4.89. The van der Waals surface area contributed by atoms with Gasteiger partial charge in [-0.2, -0.15) is 5.10 Å². The Morgan fingerprint density at radius 3 is 2.77 bits per heavy atom. The predicted molar refractivity (Wildman–Crippen MR) is 101 cm³/mol. The van der Waals surface area contributed by atoms with Crippen LogP contribution in [0.15, 0.2) is 24.4 Å². The van der Waals surface area contributed by atoms with Gasteiger partial charge >= 0.3 is 0 Å². The Bertz CT molecular complexity index is 842. The first-order chi connectivity index (χ1) is 12.5. The van der Waals surface area contributed by atoms with E-state index in [0.29, 0.717) is 23.7 Å². The van der Waals surface area contributed by atoms with Crippen molar-refractivity contribution in [1.29, 1.82) is 0 Å². The number of aromatic nitrogens is 2. The SMILES string of the molecule is CC[C@H](C)n1ncc(C(=O)N2CCN(C)c3ccc(F)cc32)c1C1CC1. The number of likely N-dealkylation sites (N-methyl/N-ethyl adjacent to an activating group) is 1. The highest BCUT2D eigenvalue weighted by Gasteiger charge is 2.36. The fourth-order valence-corrected chi connectivity index (χ4v) is 3.71. The smallest absolute Gasteiger partial charge is 0.261 e. The lowest BCUT2D eigenvalue weighted by Crippen LogP contribution is -2.43. The van der Waals surface area contributed by atoms with Crippen LogP contribution < -0.4 is 9.80 Å². The lowest BCUT2D eigenvalue weighted by atomic mass is 10.1. The van der Waals surface area contributed by atoms with E-state index in [2.05, 4.69) is 23.8 Å². The molecule has 26 heavy (non-hydrogen) atoms. The number of benzene rings is 1. The van der Waals surface area contributed by atoms with Crippen LogP contribution in [0.5, 0.6) is 0 Å². The molecule has 0 saturated heterocycles. The molecule has 5 nitrogen and oxygen atoms in total. The Kier molecular flexibility index (Phi) is 4.21. The highest BCUT2D eigenvalue weighted by atomic mass is 19.1. The van der Waals surface area contributed by atoms with Crippen LogP contribution in [0.3, 0.4) is 0 Å². The molecule has 0 unspecified atom stereocenters. The van der Waals surface area contributed by atoms with Gasteiger partial charge in [-0.05, 0) is 44.4 Å². The molecule has 2 aliphatic rings. The molecule has 1 aliphatic carbocycles. The number of hydrogen-bond acceptors (Lipinski definition) is 3. The van der Waals surface area contributed by atoms with Gasteiger partial charge in [0.2, 0.25) is 0 Å². The Hall–Kier alpha value is -2.37. The van der Waals surface area contributed by atoms with Crippen molar-refractivity contribution in [2.24, 2.45) is 0 Å². The van der Waals surface area contributed by atoms with Crippen LogP contribution in [0.2, 0.25) is 0 Å². The fraction of sp³-hybridized carbons (Fsp3) is 0.500. The maximum absolute atomic E-state index is 13.9. The highest BCUT2D eigenvalue weighted by molar-refractivity contribution is 6.09. The zero-order valence-corrected chi connectivity index (χ0v) is 15.6. The van der Waals surface area contributed by atoms with Crippen LogP contribution in [-0.2, 0) is 0 Å². The number of halogens is 1. The first-order valence-corrected chi connectivity index (χ1v) is 9.41. The molecule has 2 heterocycles. The highest BCUT2D eigenvalue weighted by Crippen LogP contribution is 2.43. The Labute approximate surface area is 153 Å². The van der Waals surface area contributed by atoms with E-state index in [1.54, 1.807) is 17.2 Å². The third kappa shape index (κ3) is 2.77. The number of rotatable bonds is 4. The average molecular weight is 356 g/mol. The molecule has 1 aromatic heterocycles. The van der Waals surface area contributed by atoms with Crippen molar-refractivity contribution < 1.29 is 9.18 Å². The summed E-state index contributed by atoms with van der Waals surface area (Å²) in [5.41, 5.74) is 3.25. The minimum Gasteiger partial charge on any atom is -0.371 e. The van der Waals surface area contributed by atoms with Gasteiger partial charge in [0.05, 0.1) is 28.8 Å². The van der Waals surface area contributed by atoms with Crippen LogP contribution in [0.25, 0.3) is 0 Å². The summed E-state index contributed by atoms with van der Waals surface area (Å²) in [4.78, 5) is 17.2. The van der Waals surface area contributed by atoms with Crippen molar-refractivity contribution in [3.8, 4) is 0 Å². The molecule has 1 atom stereocenters. The van der Waals surface area contributed by atoms with Gasteiger partial charge in [0.15, 0.2) is 0 Å². The first-order valence-electron chi connectivity index (χ1n) is 9.41. The van der Waals surface area contributed by atoms with Crippen molar-refractivity contribution in [3.05, 3.63) is 41.5 Å². The number of anilines is 2. The minimum absolute atomic E-state index is 0.0681. The Balaban J connectivity index is 1.75. The van der Waals surface area contributed by atoms with E-state index in [1.807, 2.05) is 11.7 Å². The van der Waals surface area contributed by atoms with Crippen LogP contribution in [0.1, 0.15) is 61.1 Å². The Morgan fingerprint density at radius 2 is 2.08 bits per heavy atom. The quantitative estimate of drug-likeness (QED) is 0.832. The molecular weight excluding hydrogens is 331 g/mol. The number of carbonyl (C=O) groups excluding carboxylic acids is 1. The van der Waals surface area contributed by atoms with Gasteiger partial charge < -0.3 is 9.80 Å². The van der Waals surface area contributed by atoms with Gasteiger partial charge in [0, 0.05) is 32.1 Å². The van der Waals surface area contributed by atoms with Crippen LogP contribution >= 0.6 is 0 Å². The second-order valence-electron chi connectivity index (χ2n) is 7.43. The van der Waals surface area contributed by atoms with Crippen molar-refractivity contribution in [2.45, 2.75) is 45.1 Å². The van der Waals surface area contributed by atoms with Gasteiger partial charge in [-0.15, -0.1) is 0 Å². The monoisotopic (exact) mass is 356 g/mol. The summed E-state index contributed by atoms with van der Waals surface area (Å²) >= 11 is 0. The third-order valence-electron chi connectivity index (χ3n) is 5.58. The first kappa shape index (κ1) is 17.1. The average Bonchev–Trinajstić information content (AvgIpc) is 3.38. The Morgan fingerprint density at radius 1 is 1.31 bits per heavy atom. The number of nitrogens with zero attached hydrogens (tertiary/aromatic N) is 4. The predicted octanol–water partition coefficient (Wildman–Crippen LogP) is 3.97. The number of amides is 1. The van der Waals surface area contributed by atoms with Crippen LogP contribution in [0.4, 0.5) is 15.8 Å². The molecule has 1 aliphatic heterocycles. The third-order valence-corrected chi connectivity index (χ3v) is 5.58. The molecule has 1 amide bonds. The summed E-state index contributed by atoms with van der Waals surface area (Å²) in [7, 11) is 1.97. The molecule has 4 rings (SSSR count). The lowest BCUT2D eigenvalue weighted by Gasteiger charge is -2.35. The van der Waals surface area contributed by atoms with Crippen molar-refractivity contribution >= 4 is 17.3 Å². The molecule has 1 aromatic carbocycles. The van der Waals surface area contributed by atoms with E-state index in [4.69, 9.17) is 0 Å². The van der Waals surface area contributed by atoms with Crippen molar-refractivity contribution in [1.82, 2.24) is 9.78 Å². The summed E-state index contributed by atoms with van der Waals surface area (Å²) in [5.74, 6) is 0.0286. The fourth-order valence-electron chi connectivity index (χ4n) is 3.71. The summed E-state index contributed by atoms with van der Waals surface area (Å²) < 4.78 is 15.9. The van der Waals surface area contributed by atoms with E-state index < -0.39 is 0 Å². The maximum atomic E-state index is 13.9. The molecule has 0 N–H and O–H groups in total. The summed E-state index contributed by atoms with van der Waals surface area (Å²) in [6.45, 7) is 5.53. The number of hydrogen-bond donors (Lipinski definition) is 0. The van der Waals surface area contributed by atoms with Crippen molar-refractivity contribution in [3.63, 3.8) is 0 Å². The van der Waals surface area contributed by atoms with Gasteiger partial charge in [0.25, 0.3) is 5.91 Å². The zero-order chi connectivity index (χ0) is 18.4. The van der Waals surface area contributed by atoms with Gasteiger partial charge in [-0.3, -0.25) is 9.48 Å². The zero-order valence-electron chi connectivity index (χ0n) is 15.6. The van der Waals surface area contributed by atoms with E-state index in [-0.39, 0.29) is 17.8 Å². The molecule has 138 valence electrons. The lowest BCUT2D eigenvalue weighted by molar-refractivity contribution is 0.0985. The number of fused-ring (bicyclic) bond motifs is 1. The molecule has 0 radical (unpaired) electrons. The van der Waals surface area contributed by atoms with E-state index >= 15 is 0 Å². The van der Waals surface area contributed by atoms with Crippen LogP contribution in [0, 0.1) is 5.82 Å². The van der Waals surface area contributed by atoms with Crippen LogP contribution in [-0.4, -0.2) is 35.8 Å². The summed E-state index contributed by atoms with van der Waals surface area (Å²) in [5, 5.41) is 4.54. The largest absolute Gasteiger partial charge is 0.371 e. The molecular formula is C20H25FN4O. The van der Waals surface area contributed by atoms with Gasteiger partial charge in [-0.1, -0.05) is 6.92 Å². The van der Waals surface area contributed by atoms with E-state index in [1.165, 1.54) is 12.1 Å². The molecule has 2 aromatic rings. The summed E-state index contributed by atoms with van der Waals surface area (Å²) in [6, 6.07) is 4.91. The van der Waals surface area contributed by atoms with Gasteiger partial charge in [0.1, 0.15) is 5.82 Å². The van der Waals surface area contributed by atoms with E-state index in [9.17, 15) is 9.18 Å². The van der Waals surface area contributed by atoms with Crippen molar-refractivity contribution in [2.75, 3.05) is 29.9 Å². The molecule has 0 bridgehead atoms. The maximum Gasteiger partial charge on any atom is 0.261 e. The second kappa shape index (κ2) is 6.41. The topological polar surface area (TPSA) is 41.4 Å². The normalized spacial score (nSPS) is 18.0. The number of carbonyl (C=O) groups is 1. The van der Waals surface area contributed by atoms with E-state index in [0.717, 1.165) is 37.2 Å². The minimum atomic E-state index is -0.324.